The highest BCUT2D eigenvalue weighted by Gasteiger charge is 2.38. The molecule has 0 amide bonds. The number of halogens is 1. The van der Waals surface area contributed by atoms with Crippen molar-refractivity contribution in [2.24, 2.45) is 0 Å². The monoisotopic (exact) mass is 257 g/mol. The van der Waals surface area contributed by atoms with E-state index in [2.05, 4.69) is 0 Å². The lowest BCUT2D eigenvalue weighted by Gasteiger charge is -2.17. The Morgan fingerprint density at radius 3 is 2.41 bits per heavy atom. The first-order valence-electron chi connectivity index (χ1n) is 5.31. The molecule has 1 aromatic carbocycles. The zero-order chi connectivity index (χ0) is 12.5. The van der Waals surface area contributed by atoms with Crippen LogP contribution < -0.4 is 0 Å². The number of benzene rings is 1. The predicted molar refractivity (Wildman–Crippen MR) is 59.2 cm³/mol. The third kappa shape index (κ3) is 2.23. The lowest BCUT2D eigenvalue weighted by atomic mass is 10.3. The van der Waals surface area contributed by atoms with Crippen LogP contribution in [-0.2, 0) is 14.8 Å². The molecule has 1 fully saturated rings. The lowest BCUT2D eigenvalue weighted by Crippen LogP contribution is -2.36. The van der Waals surface area contributed by atoms with Crippen molar-refractivity contribution in [3.63, 3.8) is 0 Å². The molecule has 1 saturated carbocycles. The summed E-state index contributed by atoms with van der Waals surface area (Å²) in [5, 5.41) is 0. The maximum atomic E-state index is 13.8. The number of hydrogen-bond donors (Lipinski definition) is 0. The van der Waals surface area contributed by atoms with Crippen LogP contribution in [0.5, 0.6) is 0 Å². The van der Waals surface area contributed by atoms with Crippen LogP contribution in [0, 0.1) is 0 Å². The number of carbonyl (C=O) groups is 1. The van der Waals surface area contributed by atoms with Crippen LogP contribution in [-0.4, -0.2) is 24.8 Å². The minimum absolute atomic E-state index is 0.137. The summed E-state index contributed by atoms with van der Waals surface area (Å²) >= 11 is 0. The Morgan fingerprint density at radius 2 is 1.88 bits per heavy atom. The van der Waals surface area contributed by atoms with Gasteiger partial charge in [0.1, 0.15) is 6.04 Å². The minimum atomic E-state index is -4.21. The van der Waals surface area contributed by atoms with Crippen LogP contribution in [0.1, 0.15) is 19.3 Å². The van der Waals surface area contributed by atoms with Crippen molar-refractivity contribution in [2.75, 3.05) is 0 Å². The summed E-state index contributed by atoms with van der Waals surface area (Å²) in [6, 6.07) is 6.12. The molecule has 17 heavy (non-hydrogen) atoms. The molecule has 1 aromatic rings. The highest BCUT2D eigenvalue weighted by atomic mass is 32.2. The SMILES string of the molecule is O=C1CCCC1N(F)S(=O)(=O)c1ccccc1. The zero-order valence-electron chi connectivity index (χ0n) is 9.04. The van der Waals surface area contributed by atoms with E-state index in [9.17, 15) is 17.7 Å². The van der Waals surface area contributed by atoms with E-state index in [0.717, 1.165) is 0 Å². The van der Waals surface area contributed by atoms with Gasteiger partial charge in [-0.25, -0.2) is 8.42 Å². The molecule has 2 rings (SSSR count). The summed E-state index contributed by atoms with van der Waals surface area (Å²) in [5.74, 6) is -0.355. The highest BCUT2D eigenvalue weighted by molar-refractivity contribution is 7.89. The molecule has 4 nitrogen and oxygen atoms in total. The largest absolute Gasteiger partial charge is 0.298 e. The second kappa shape index (κ2) is 4.54. The van der Waals surface area contributed by atoms with E-state index in [1.54, 1.807) is 6.07 Å². The standard InChI is InChI=1S/C11H12FNO3S/c12-13(10-7-4-8-11(10)14)17(15,16)9-5-2-1-3-6-9/h1-3,5-6,10H,4,7-8H2. The molecule has 1 atom stereocenters. The molecular weight excluding hydrogens is 245 g/mol. The maximum absolute atomic E-state index is 13.8. The first-order chi connectivity index (χ1) is 8.03. The Morgan fingerprint density at radius 1 is 1.24 bits per heavy atom. The van der Waals surface area contributed by atoms with Crippen LogP contribution in [0.4, 0.5) is 4.48 Å². The van der Waals surface area contributed by atoms with Crippen LogP contribution in [0.2, 0.25) is 0 Å². The molecule has 0 N–H and O–H groups in total. The summed E-state index contributed by atoms with van der Waals surface area (Å²) in [6.45, 7) is 0. The quantitative estimate of drug-likeness (QED) is 0.774. The van der Waals surface area contributed by atoms with Gasteiger partial charge in [0, 0.05) is 6.42 Å². The van der Waals surface area contributed by atoms with E-state index in [0.29, 0.717) is 6.42 Å². The van der Waals surface area contributed by atoms with Crippen molar-refractivity contribution in [1.29, 1.82) is 0 Å². The number of sulfonamides is 1. The lowest BCUT2D eigenvalue weighted by molar-refractivity contribution is -0.123. The minimum Gasteiger partial charge on any atom is -0.298 e. The van der Waals surface area contributed by atoms with Gasteiger partial charge in [0.15, 0.2) is 5.78 Å². The molecule has 0 heterocycles. The van der Waals surface area contributed by atoms with Gasteiger partial charge in [0.25, 0.3) is 10.0 Å². The average Bonchev–Trinajstić information content (AvgIpc) is 2.75. The van der Waals surface area contributed by atoms with E-state index in [1.807, 2.05) is 0 Å². The fourth-order valence-electron chi connectivity index (χ4n) is 1.87. The van der Waals surface area contributed by atoms with Crippen LogP contribution in [0.25, 0.3) is 0 Å². The Labute approximate surface area is 99.0 Å². The molecule has 0 saturated heterocycles. The number of carbonyl (C=O) groups excluding carboxylic acids is 1. The van der Waals surface area contributed by atoms with Gasteiger partial charge in [-0.2, -0.15) is 0 Å². The molecule has 1 aliphatic rings. The maximum Gasteiger partial charge on any atom is 0.269 e. The van der Waals surface area contributed by atoms with Crippen molar-refractivity contribution in [3.05, 3.63) is 30.3 Å². The van der Waals surface area contributed by atoms with Gasteiger partial charge < -0.3 is 0 Å². The first-order valence-corrected chi connectivity index (χ1v) is 6.75. The molecule has 1 unspecified atom stereocenters. The molecule has 1 aliphatic carbocycles. The Hall–Kier alpha value is -1.27. The van der Waals surface area contributed by atoms with Crippen molar-refractivity contribution >= 4 is 15.8 Å². The number of hydrogen-bond acceptors (Lipinski definition) is 3. The fourth-order valence-corrected chi connectivity index (χ4v) is 3.13. The van der Waals surface area contributed by atoms with Crippen molar-refractivity contribution < 1.29 is 17.7 Å². The van der Waals surface area contributed by atoms with Gasteiger partial charge >= 0.3 is 0 Å². The van der Waals surface area contributed by atoms with Gasteiger partial charge in [-0.15, -0.1) is 4.48 Å². The molecule has 0 bridgehead atoms. The average molecular weight is 257 g/mol. The third-order valence-corrected chi connectivity index (χ3v) is 4.37. The normalized spacial score (nSPS) is 21.1. The van der Waals surface area contributed by atoms with E-state index in [1.165, 1.54) is 24.3 Å². The molecule has 0 aromatic heterocycles. The molecule has 0 spiro atoms. The summed E-state index contributed by atoms with van der Waals surface area (Å²) in [6.07, 6.45) is 1.03. The van der Waals surface area contributed by atoms with Crippen LogP contribution in [0.3, 0.4) is 0 Å². The van der Waals surface area contributed by atoms with E-state index in [-0.39, 0.29) is 28.0 Å². The zero-order valence-corrected chi connectivity index (χ0v) is 9.86. The second-order valence-electron chi connectivity index (χ2n) is 3.93. The molecule has 0 radical (unpaired) electrons. The van der Waals surface area contributed by atoms with Crippen molar-refractivity contribution in [3.8, 4) is 0 Å². The van der Waals surface area contributed by atoms with Gasteiger partial charge in [0.2, 0.25) is 0 Å². The molecule has 92 valence electrons. The van der Waals surface area contributed by atoms with Crippen molar-refractivity contribution in [2.45, 2.75) is 30.2 Å². The molecular formula is C11H12FNO3S. The predicted octanol–water partition coefficient (Wildman–Crippen LogP) is 1.68. The number of Topliss-reactive ketones (excluding diaryl/α,β-unsaturated/α-hetero) is 1. The Balaban J connectivity index is 2.30. The second-order valence-corrected chi connectivity index (χ2v) is 5.70. The molecule has 0 aliphatic heterocycles. The number of nitrogens with zero attached hydrogens (tertiary/aromatic N) is 1. The summed E-state index contributed by atoms with van der Waals surface area (Å²) in [7, 11) is -4.21. The summed E-state index contributed by atoms with van der Waals surface area (Å²) in [5.41, 5.74) is 0. The number of ketones is 1. The third-order valence-electron chi connectivity index (χ3n) is 2.79. The molecule has 6 heteroatoms. The van der Waals surface area contributed by atoms with Crippen molar-refractivity contribution in [1.82, 2.24) is 4.53 Å². The van der Waals surface area contributed by atoms with Gasteiger partial charge in [0.05, 0.1) is 4.90 Å². The van der Waals surface area contributed by atoms with Gasteiger partial charge in [-0.1, -0.05) is 18.2 Å². The van der Waals surface area contributed by atoms with Gasteiger partial charge in [-0.3, -0.25) is 4.79 Å². The Bertz CT molecular complexity index is 515. The van der Waals surface area contributed by atoms with E-state index in [4.69, 9.17) is 0 Å². The van der Waals surface area contributed by atoms with Gasteiger partial charge in [-0.05, 0) is 29.5 Å². The first kappa shape index (κ1) is 12.2. The smallest absolute Gasteiger partial charge is 0.269 e. The topological polar surface area (TPSA) is 54.5 Å². The van der Waals surface area contributed by atoms with E-state index >= 15 is 0 Å². The highest BCUT2D eigenvalue weighted by Crippen LogP contribution is 2.26. The fraction of sp³-hybridized carbons (Fsp3) is 0.364. The summed E-state index contributed by atoms with van der Waals surface area (Å²) in [4.78, 5) is 11.2. The van der Waals surface area contributed by atoms with Crippen LogP contribution >= 0.6 is 0 Å². The Kier molecular flexibility index (Phi) is 3.26. The van der Waals surface area contributed by atoms with E-state index < -0.39 is 16.1 Å². The van der Waals surface area contributed by atoms with Crippen LogP contribution in [0.15, 0.2) is 35.2 Å². The summed E-state index contributed by atoms with van der Waals surface area (Å²) < 4.78 is 37.3. The number of rotatable bonds is 3.